The van der Waals surface area contributed by atoms with Crippen LogP contribution in [0.15, 0.2) is 96.9 Å². The average molecular weight is 422 g/mol. The normalized spacial score (nSPS) is 10.2. The van der Waals surface area contributed by atoms with Crippen LogP contribution in [0.2, 0.25) is 0 Å². The molecule has 1 N–H and O–H groups in total. The van der Waals surface area contributed by atoms with Gasteiger partial charge in [-0.2, -0.15) is 0 Å². The molecule has 0 aliphatic carbocycles. The van der Waals surface area contributed by atoms with Crippen molar-refractivity contribution >= 4 is 28.1 Å². The van der Waals surface area contributed by atoms with Crippen LogP contribution in [-0.4, -0.2) is 21.4 Å². The Morgan fingerprint density at radius 3 is 1.83 bits per heavy atom. The maximum absolute atomic E-state index is 12.1. The van der Waals surface area contributed by atoms with E-state index in [9.17, 15) is 13.2 Å². The molecule has 3 rings (SSSR count). The third-order valence-electron chi connectivity index (χ3n) is 4.04. The lowest BCUT2D eigenvalue weighted by atomic mass is 10.1. The molecule has 5 nitrogen and oxygen atoms in total. The van der Waals surface area contributed by atoms with Crippen LogP contribution >= 0.6 is 0 Å². The molecule has 1 amide bonds. The van der Waals surface area contributed by atoms with Crippen LogP contribution in [0.25, 0.3) is 12.2 Å². The van der Waals surface area contributed by atoms with Crippen LogP contribution in [0.5, 0.6) is 5.75 Å². The lowest BCUT2D eigenvalue weighted by molar-refractivity contribution is 0.0981. The number of rotatable bonds is 6. The van der Waals surface area contributed by atoms with E-state index in [0.717, 1.165) is 5.56 Å². The molecule has 154 valence electrons. The molecule has 0 aliphatic rings. The highest BCUT2D eigenvalue weighted by atomic mass is 32.2. The van der Waals surface area contributed by atoms with E-state index in [-0.39, 0.29) is 10.5 Å². The monoisotopic (exact) mass is 421 g/mol. The van der Waals surface area contributed by atoms with E-state index >= 15 is 0 Å². The molecule has 0 saturated heterocycles. The molecule has 0 aliphatic heterocycles. The molecule has 0 saturated carbocycles. The summed E-state index contributed by atoms with van der Waals surface area (Å²) in [6, 6.07) is 22.2. The molecular formula is C24H23NO4S. The number of ether oxygens (including phenoxy) is 1. The highest BCUT2D eigenvalue weighted by molar-refractivity contribution is 7.90. The topological polar surface area (TPSA) is 72.5 Å². The minimum atomic E-state index is -3.92. The van der Waals surface area contributed by atoms with Gasteiger partial charge in [0.15, 0.2) is 0 Å². The molecule has 0 aromatic heterocycles. The molecule has 0 atom stereocenters. The Bertz CT molecular complexity index is 1090. The third-order valence-corrected chi connectivity index (χ3v) is 5.39. The highest BCUT2D eigenvalue weighted by Gasteiger charge is 2.18. The minimum absolute atomic E-state index is 0.00985. The van der Waals surface area contributed by atoms with Gasteiger partial charge in [0.2, 0.25) is 0 Å². The van der Waals surface area contributed by atoms with Gasteiger partial charge in [-0.25, -0.2) is 13.1 Å². The van der Waals surface area contributed by atoms with E-state index in [1.807, 2.05) is 41.1 Å². The first-order valence-corrected chi connectivity index (χ1v) is 10.5. The van der Waals surface area contributed by atoms with Gasteiger partial charge in [0.1, 0.15) is 5.75 Å². The van der Waals surface area contributed by atoms with Crippen molar-refractivity contribution < 1.29 is 17.9 Å². The first kappa shape index (κ1) is 22.6. The second-order valence-electron chi connectivity index (χ2n) is 6.05. The van der Waals surface area contributed by atoms with Crippen molar-refractivity contribution in [2.45, 2.75) is 4.90 Å². The van der Waals surface area contributed by atoms with Gasteiger partial charge in [-0.05, 0) is 47.5 Å². The van der Waals surface area contributed by atoms with E-state index < -0.39 is 15.9 Å². The van der Waals surface area contributed by atoms with Gasteiger partial charge < -0.3 is 4.74 Å². The quantitative estimate of drug-likeness (QED) is 0.621. The summed E-state index contributed by atoms with van der Waals surface area (Å²) in [6.07, 6.45) is 3.47. The van der Waals surface area contributed by atoms with Gasteiger partial charge in [-0.1, -0.05) is 67.8 Å². The number of carbonyl (C=O) groups is 1. The fraction of sp³-hybridized carbons (Fsp3) is 0.0417. The van der Waals surface area contributed by atoms with Gasteiger partial charge in [0.05, 0.1) is 12.0 Å². The predicted octanol–water partition coefficient (Wildman–Crippen LogP) is 4.79. The van der Waals surface area contributed by atoms with E-state index in [1.165, 1.54) is 49.1 Å². The Balaban J connectivity index is 0.000000335. The summed E-state index contributed by atoms with van der Waals surface area (Å²) in [5.41, 5.74) is 2.27. The number of benzene rings is 3. The Morgan fingerprint density at radius 1 is 0.833 bits per heavy atom. The molecule has 30 heavy (non-hydrogen) atoms. The van der Waals surface area contributed by atoms with Crippen LogP contribution in [0.1, 0.15) is 21.5 Å². The molecule has 0 bridgehead atoms. The zero-order valence-electron chi connectivity index (χ0n) is 16.6. The van der Waals surface area contributed by atoms with Gasteiger partial charge in [0, 0.05) is 5.56 Å². The zero-order valence-corrected chi connectivity index (χ0v) is 17.4. The second-order valence-corrected chi connectivity index (χ2v) is 7.73. The standard InChI is InChI=1S/C16H15NO4S.C8H8/c1-3-12-4-6-13(7-5-12)16(18)17-22(19,20)15-10-8-14(21-2)9-11-15;1-2-8-6-4-3-5-7-8/h3-11H,1H2,2H3,(H,17,18);2-7H,1H2. The number of methoxy groups -OCH3 is 1. The summed E-state index contributed by atoms with van der Waals surface area (Å²) in [5, 5.41) is 0. The van der Waals surface area contributed by atoms with Gasteiger partial charge in [-0.15, -0.1) is 0 Å². The van der Waals surface area contributed by atoms with Crippen LogP contribution in [-0.2, 0) is 10.0 Å². The van der Waals surface area contributed by atoms with Crippen molar-refractivity contribution in [3.8, 4) is 5.75 Å². The van der Waals surface area contributed by atoms with Gasteiger partial charge in [-0.3, -0.25) is 4.79 Å². The van der Waals surface area contributed by atoms with Crippen molar-refractivity contribution in [3.63, 3.8) is 0 Å². The lowest BCUT2D eigenvalue weighted by Crippen LogP contribution is -2.30. The zero-order chi connectivity index (χ0) is 22.0. The average Bonchev–Trinajstić information content (AvgIpc) is 2.79. The first-order valence-electron chi connectivity index (χ1n) is 9.01. The Morgan fingerprint density at radius 2 is 1.37 bits per heavy atom. The number of amides is 1. The van der Waals surface area contributed by atoms with Crippen LogP contribution in [0.3, 0.4) is 0 Å². The number of nitrogens with one attached hydrogen (secondary N) is 1. The number of carbonyl (C=O) groups excluding carboxylic acids is 1. The number of hydrogen-bond acceptors (Lipinski definition) is 4. The maximum Gasteiger partial charge on any atom is 0.264 e. The molecule has 6 heteroatoms. The minimum Gasteiger partial charge on any atom is -0.497 e. The van der Waals surface area contributed by atoms with Crippen molar-refractivity contribution in [3.05, 3.63) is 109 Å². The van der Waals surface area contributed by atoms with Crippen LogP contribution < -0.4 is 9.46 Å². The van der Waals surface area contributed by atoms with Crippen molar-refractivity contribution in [1.29, 1.82) is 0 Å². The fourth-order valence-corrected chi connectivity index (χ4v) is 3.33. The van der Waals surface area contributed by atoms with E-state index in [1.54, 1.807) is 18.2 Å². The third kappa shape index (κ3) is 6.46. The molecule has 0 heterocycles. The van der Waals surface area contributed by atoms with E-state index in [0.29, 0.717) is 5.75 Å². The molecule has 3 aromatic rings. The smallest absolute Gasteiger partial charge is 0.264 e. The van der Waals surface area contributed by atoms with Gasteiger partial charge in [0.25, 0.3) is 15.9 Å². The predicted molar refractivity (Wildman–Crippen MR) is 121 cm³/mol. The summed E-state index contributed by atoms with van der Waals surface area (Å²) in [4.78, 5) is 12.0. The van der Waals surface area contributed by atoms with Crippen LogP contribution in [0.4, 0.5) is 0 Å². The SMILES string of the molecule is C=Cc1ccc(C(=O)NS(=O)(=O)c2ccc(OC)cc2)cc1.C=Cc1ccccc1. The Labute approximate surface area is 177 Å². The molecule has 0 fully saturated rings. The van der Waals surface area contributed by atoms with Crippen molar-refractivity contribution in [2.24, 2.45) is 0 Å². The Hall–Kier alpha value is -3.64. The molecule has 0 spiro atoms. The number of hydrogen-bond donors (Lipinski definition) is 1. The molecule has 3 aromatic carbocycles. The second kappa shape index (κ2) is 10.8. The number of sulfonamides is 1. The molecule has 0 radical (unpaired) electrons. The summed E-state index contributed by atoms with van der Waals surface area (Å²) in [7, 11) is -2.44. The maximum atomic E-state index is 12.1. The summed E-state index contributed by atoms with van der Waals surface area (Å²) < 4.78 is 31.3. The van der Waals surface area contributed by atoms with Crippen molar-refractivity contribution in [2.75, 3.05) is 7.11 Å². The van der Waals surface area contributed by atoms with E-state index in [2.05, 4.69) is 13.2 Å². The summed E-state index contributed by atoms with van der Waals surface area (Å²) in [5.74, 6) is -0.156. The van der Waals surface area contributed by atoms with Gasteiger partial charge >= 0.3 is 0 Å². The molecular weight excluding hydrogens is 398 g/mol. The van der Waals surface area contributed by atoms with Crippen LogP contribution in [0, 0.1) is 0 Å². The largest absolute Gasteiger partial charge is 0.497 e. The highest BCUT2D eigenvalue weighted by Crippen LogP contribution is 2.16. The van der Waals surface area contributed by atoms with E-state index in [4.69, 9.17) is 4.74 Å². The first-order chi connectivity index (χ1) is 14.4. The van der Waals surface area contributed by atoms with Crippen molar-refractivity contribution in [1.82, 2.24) is 4.72 Å². The Kier molecular flexibility index (Phi) is 8.14. The molecule has 0 unspecified atom stereocenters. The fourth-order valence-electron chi connectivity index (χ4n) is 2.35. The summed E-state index contributed by atoms with van der Waals surface area (Å²) in [6.45, 7) is 7.24. The lowest BCUT2D eigenvalue weighted by Gasteiger charge is -2.08. The summed E-state index contributed by atoms with van der Waals surface area (Å²) >= 11 is 0.